The summed E-state index contributed by atoms with van der Waals surface area (Å²) in [6.07, 6.45) is 2.00. The van der Waals surface area contributed by atoms with Crippen LogP contribution < -0.4 is 10.1 Å². The maximum Gasteiger partial charge on any atom is 0.264 e. The molecule has 2 aromatic rings. The molecule has 1 fully saturated rings. The molecule has 0 unspecified atom stereocenters. The third-order valence-electron chi connectivity index (χ3n) is 4.23. The summed E-state index contributed by atoms with van der Waals surface area (Å²) in [7, 11) is 1.63. The van der Waals surface area contributed by atoms with Crippen LogP contribution in [0, 0.1) is 0 Å². The van der Waals surface area contributed by atoms with Crippen molar-refractivity contribution in [1.82, 2.24) is 10.2 Å². The van der Waals surface area contributed by atoms with Gasteiger partial charge < -0.3 is 15.0 Å². The minimum Gasteiger partial charge on any atom is -0.496 e. The monoisotopic (exact) mass is 330 g/mol. The van der Waals surface area contributed by atoms with Gasteiger partial charge in [-0.15, -0.1) is 11.3 Å². The lowest BCUT2D eigenvalue weighted by molar-refractivity contribution is 0.0628. The Labute approximate surface area is 141 Å². The molecule has 0 atom stereocenters. The van der Waals surface area contributed by atoms with Gasteiger partial charge in [0.1, 0.15) is 5.75 Å². The van der Waals surface area contributed by atoms with Crippen molar-refractivity contribution < 1.29 is 9.53 Å². The van der Waals surface area contributed by atoms with Gasteiger partial charge in [-0.25, -0.2) is 0 Å². The summed E-state index contributed by atoms with van der Waals surface area (Å²) in [5.74, 6) is 0.859. The first-order chi connectivity index (χ1) is 11.3. The zero-order chi connectivity index (χ0) is 16.1. The predicted octanol–water partition coefficient (Wildman–Crippen LogP) is 3.15. The highest BCUT2D eigenvalue weighted by molar-refractivity contribution is 7.12. The molecule has 23 heavy (non-hydrogen) atoms. The minimum absolute atomic E-state index is 0.106. The van der Waals surface area contributed by atoms with Crippen molar-refractivity contribution in [3.8, 4) is 5.75 Å². The third kappa shape index (κ3) is 3.92. The van der Waals surface area contributed by atoms with Crippen LogP contribution in [0.3, 0.4) is 0 Å². The van der Waals surface area contributed by atoms with Crippen molar-refractivity contribution in [1.29, 1.82) is 0 Å². The number of nitrogens with zero attached hydrogens (tertiary/aromatic N) is 1. The van der Waals surface area contributed by atoms with Gasteiger partial charge in [0.25, 0.3) is 5.91 Å². The third-order valence-corrected chi connectivity index (χ3v) is 5.12. The number of thiophene rings is 1. The molecule has 0 bridgehead atoms. The smallest absolute Gasteiger partial charge is 0.264 e. The average Bonchev–Trinajstić information content (AvgIpc) is 3.10. The predicted molar refractivity (Wildman–Crippen MR) is 93.1 cm³/mol. The number of carbonyl (C=O) groups is 1. The van der Waals surface area contributed by atoms with Crippen LogP contribution in [0.4, 0.5) is 0 Å². The highest BCUT2D eigenvalue weighted by Crippen LogP contribution is 2.25. The number of ether oxygens (including phenoxy) is 1. The van der Waals surface area contributed by atoms with Crippen molar-refractivity contribution in [2.24, 2.45) is 0 Å². The van der Waals surface area contributed by atoms with Gasteiger partial charge in [-0.1, -0.05) is 30.3 Å². The number of rotatable bonds is 5. The maximum atomic E-state index is 13.0. The van der Waals surface area contributed by atoms with Gasteiger partial charge in [0.05, 0.1) is 12.0 Å². The summed E-state index contributed by atoms with van der Waals surface area (Å²) in [5, 5.41) is 5.26. The van der Waals surface area contributed by atoms with Crippen molar-refractivity contribution >= 4 is 17.2 Å². The van der Waals surface area contributed by atoms with Gasteiger partial charge in [-0.05, 0) is 31.5 Å². The van der Waals surface area contributed by atoms with Gasteiger partial charge in [0, 0.05) is 24.0 Å². The average molecular weight is 330 g/mol. The molecule has 0 spiro atoms. The summed E-state index contributed by atoms with van der Waals surface area (Å²) < 4.78 is 5.22. The molecule has 2 heterocycles. The van der Waals surface area contributed by atoms with Crippen LogP contribution in [-0.4, -0.2) is 37.0 Å². The highest BCUT2D eigenvalue weighted by Gasteiger charge is 2.27. The van der Waals surface area contributed by atoms with E-state index in [4.69, 9.17) is 4.74 Å². The lowest BCUT2D eigenvalue weighted by atomic mass is 10.0. The Morgan fingerprint density at radius 3 is 2.70 bits per heavy atom. The summed E-state index contributed by atoms with van der Waals surface area (Å²) in [4.78, 5) is 15.8. The van der Waals surface area contributed by atoms with Gasteiger partial charge in [-0.3, -0.25) is 4.79 Å². The first-order valence-electron chi connectivity index (χ1n) is 7.96. The van der Waals surface area contributed by atoms with Crippen LogP contribution in [0.25, 0.3) is 0 Å². The quantitative estimate of drug-likeness (QED) is 0.916. The van der Waals surface area contributed by atoms with E-state index < -0.39 is 0 Å². The van der Waals surface area contributed by atoms with E-state index in [1.54, 1.807) is 7.11 Å². The SMILES string of the molecule is COc1csc(C(=O)N(Cc2ccccc2)C2CCNCC2)c1. The molecular formula is C18H22N2O2S. The minimum atomic E-state index is 0.106. The van der Waals surface area contributed by atoms with Crippen molar-refractivity contribution in [2.75, 3.05) is 20.2 Å². The largest absolute Gasteiger partial charge is 0.496 e. The molecule has 1 N–H and O–H groups in total. The Morgan fingerprint density at radius 2 is 2.04 bits per heavy atom. The zero-order valence-electron chi connectivity index (χ0n) is 13.3. The molecule has 1 saturated heterocycles. The highest BCUT2D eigenvalue weighted by atomic mass is 32.1. The van der Waals surface area contributed by atoms with E-state index in [-0.39, 0.29) is 11.9 Å². The second-order valence-electron chi connectivity index (χ2n) is 5.75. The van der Waals surface area contributed by atoms with Crippen molar-refractivity contribution in [2.45, 2.75) is 25.4 Å². The fraction of sp³-hybridized carbons (Fsp3) is 0.389. The van der Waals surface area contributed by atoms with Gasteiger partial charge >= 0.3 is 0 Å². The molecule has 0 aliphatic carbocycles. The maximum absolute atomic E-state index is 13.0. The normalized spacial score (nSPS) is 15.3. The fourth-order valence-electron chi connectivity index (χ4n) is 2.94. The number of methoxy groups -OCH3 is 1. The standard InChI is InChI=1S/C18H22N2O2S/c1-22-16-11-17(23-13-16)18(21)20(15-7-9-19-10-8-15)12-14-5-3-2-4-6-14/h2-6,11,13,15,19H,7-10,12H2,1H3. The Balaban J connectivity index is 1.82. The Bertz CT molecular complexity index is 635. The van der Waals surface area contributed by atoms with Crippen LogP contribution >= 0.6 is 11.3 Å². The molecule has 1 aromatic carbocycles. The summed E-state index contributed by atoms with van der Waals surface area (Å²) >= 11 is 1.45. The van der Waals surface area contributed by atoms with Crippen molar-refractivity contribution in [3.05, 3.63) is 52.2 Å². The molecule has 3 rings (SSSR count). The Hall–Kier alpha value is -1.85. The zero-order valence-corrected chi connectivity index (χ0v) is 14.1. The number of hydrogen-bond acceptors (Lipinski definition) is 4. The van der Waals surface area contributed by atoms with E-state index in [1.165, 1.54) is 16.9 Å². The topological polar surface area (TPSA) is 41.6 Å². The van der Waals surface area contributed by atoms with Crippen molar-refractivity contribution in [3.63, 3.8) is 0 Å². The summed E-state index contributed by atoms with van der Waals surface area (Å²) in [6.45, 7) is 2.60. The van der Waals surface area contributed by atoms with E-state index in [0.717, 1.165) is 36.6 Å². The van der Waals surface area contributed by atoms with Gasteiger partial charge in [-0.2, -0.15) is 0 Å². The van der Waals surface area contributed by atoms with E-state index in [1.807, 2.05) is 34.5 Å². The second kappa shape index (κ2) is 7.62. The van der Waals surface area contributed by atoms with Gasteiger partial charge in [0.2, 0.25) is 0 Å². The van der Waals surface area contributed by atoms with Crippen LogP contribution in [0.1, 0.15) is 28.1 Å². The molecule has 1 aliphatic heterocycles. The number of amides is 1. The number of piperidine rings is 1. The molecule has 1 aromatic heterocycles. The van der Waals surface area contributed by atoms with Crippen LogP contribution in [0.5, 0.6) is 5.75 Å². The van der Waals surface area contributed by atoms with E-state index >= 15 is 0 Å². The molecule has 4 nitrogen and oxygen atoms in total. The number of carbonyl (C=O) groups excluding carboxylic acids is 1. The van der Waals surface area contributed by atoms with E-state index in [9.17, 15) is 4.79 Å². The van der Waals surface area contributed by atoms with Gasteiger partial charge in [0.15, 0.2) is 0 Å². The number of nitrogens with one attached hydrogen (secondary N) is 1. The molecule has 0 radical (unpaired) electrons. The van der Waals surface area contributed by atoms with Crippen LogP contribution in [0.15, 0.2) is 41.8 Å². The molecule has 1 aliphatic rings. The lowest BCUT2D eigenvalue weighted by Gasteiger charge is -2.34. The molecule has 1 amide bonds. The molecule has 122 valence electrons. The molecule has 0 saturated carbocycles. The Morgan fingerprint density at radius 1 is 1.30 bits per heavy atom. The second-order valence-corrected chi connectivity index (χ2v) is 6.66. The lowest BCUT2D eigenvalue weighted by Crippen LogP contribution is -2.45. The first-order valence-corrected chi connectivity index (χ1v) is 8.84. The van der Waals surface area contributed by atoms with Crippen LogP contribution in [-0.2, 0) is 6.54 Å². The number of benzene rings is 1. The first kappa shape index (κ1) is 16.0. The summed E-state index contributed by atoms with van der Waals surface area (Å²) in [6, 6.07) is 12.3. The Kier molecular flexibility index (Phi) is 5.31. The van der Waals surface area contributed by atoms with Crippen LogP contribution in [0.2, 0.25) is 0 Å². The van der Waals surface area contributed by atoms with E-state index in [0.29, 0.717) is 6.54 Å². The van der Waals surface area contributed by atoms with E-state index in [2.05, 4.69) is 17.4 Å². The fourth-order valence-corrected chi connectivity index (χ4v) is 3.75. The summed E-state index contributed by atoms with van der Waals surface area (Å²) in [5.41, 5.74) is 1.17. The molecule has 5 heteroatoms. The number of hydrogen-bond donors (Lipinski definition) is 1. The molecular weight excluding hydrogens is 308 g/mol.